The van der Waals surface area contributed by atoms with Crippen LogP contribution in [-0.2, 0) is 5.75 Å². The molecule has 0 fully saturated rings. The van der Waals surface area contributed by atoms with Crippen LogP contribution in [0.15, 0.2) is 76.1 Å². The molecule has 3 rings (SSSR count). The molecule has 0 amide bonds. The van der Waals surface area contributed by atoms with Gasteiger partial charge in [0.05, 0.1) is 21.5 Å². The lowest BCUT2D eigenvalue weighted by atomic mass is 10.1. The third kappa shape index (κ3) is 5.81. The molecule has 0 saturated heterocycles. The van der Waals surface area contributed by atoms with E-state index < -0.39 is 16.4 Å². The van der Waals surface area contributed by atoms with Crippen LogP contribution in [0.3, 0.4) is 0 Å². The fraction of sp³-hybridized carbons (Fsp3) is 0.0435. The largest absolute Gasteiger partial charge is 0.502 e. The first-order chi connectivity index (χ1) is 14.9. The second kappa shape index (κ2) is 10.1. The summed E-state index contributed by atoms with van der Waals surface area (Å²) in [5, 5.41) is 29.8. The number of phenolic OH excluding ortho intramolecular Hbond substituents is 1. The predicted molar refractivity (Wildman–Crippen MR) is 124 cm³/mol. The average Bonchev–Trinajstić information content (AvgIpc) is 2.78. The van der Waals surface area contributed by atoms with Gasteiger partial charge in [0.15, 0.2) is 11.5 Å². The molecule has 31 heavy (non-hydrogen) atoms. The van der Waals surface area contributed by atoms with Crippen LogP contribution in [0, 0.1) is 21.4 Å². The minimum absolute atomic E-state index is 0.262. The summed E-state index contributed by atoms with van der Waals surface area (Å²) in [6.45, 7) is 0. The number of benzene rings is 3. The summed E-state index contributed by atoms with van der Waals surface area (Å²) in [7, 11) is 0. The van der Waals surface area contributed by atoms with Gasteiger partial charge >= 0.3 is 5.69 Å². The number of carbonyl (C=O) groups is 1. The minimum Gasteiger partial charge on any atom is -0.502 e. The van der Waals surface area contributed by atoms with Gasteiger partial charge in [-0.25, -0.2) is 0 Å². The molecule has 3 aromatic carbocycles. The van der Waals surface area contributed by atoms with E-state index in [4.69, 9.17) is 5.26 Å². The van der Waals surface area contributed by atoms with Crippen molar-refractivity contribution in [2.75, 3.05) is 0 Å². The molecule has 6 nitrogen and oxygen atoms in total. The Bertz CT molecular complexity index is 1200. The highest BCUT2D eigenvalue weighted by molar-refractivity contribution is 9.10. The van der Waals surface area contributed by atoms with Gasteiger partial charge in [-0.05, 0) is 59.7 Å². The van der Waals surface area contributed by atoms with Crippen LogP contribution in [0.4, 0.5) is 5.69 Å². The molecule has 0 aromatic heterocycles. The van der Waals surface area contributed by atoms with E-state index in [1.807, 2.05) is 30.3 Å². The molecule has 1 N–H and O–H groups in total. The van der Waals surface area contributed by atoms with Crippen molar-refractivity contribution in [3.63, 3.8) is 0 Å². The molecule has 0 bridgehead atoms. The van der Waals surface area contributed by atoms with Crippen molar-refractivity contribution in [3.8, 4) is 11.8 Å². The van der Waals surface area contributed by atoms with Crippen molar-refractivity contribution >= 4 is 45.2 Å². The molecule has 8 heteroatoms. The molecule has 0 aliphatic rings. The fourth-order valence-corrected chi connectivity index (χ4v) is 3.93. The number of aromatic hydroxyl groups is 1. The van der Waals surface area contributed by atoms with E-state index in [9.17, 15) is 20.0 Å². The number of nitro benzene ring substituents is 1. The topological polar surface area (TPSA) is 104 Å². The highest BCUT2D eigenvalue weighted by atomic mass is 79.9. The Kier molecular flexibility index (Phi) is 7.23. The number of allylic oxidation sites excluding steroid dienone is 1. The standard InChI is InChI=1S/C23H15BrN2O4S/c24-19-8-3-16(4-9-19)14-31-22(23(28)18-6-1-15(13-25)2-7-18)12-17-5-10-21(27)20(11-17)26(29)30/h1-12,27H,14H2. The van der Waals surface area contributed by atoms with E-state index in [-0.39, 0.29) is 5.78 Å². The molecule has 0 unspecified atom stereocenters. The molecule has 0 saturated carbocycles. The summed E-state index contributed by atoms with van der Waals surface area (Å²) in [5.74, 6) is -0.187. The molecule has 0 spiro atoms. The van der Waals surface area contributed by atoms with Gasteiger partial charge in [0.1, 0.15) is 0 Å². The first-order valence-electron chi connectivity index (χ1n) is 8.98. The molecule has 154 valence electrons. The lowest BCUT2D eigenvalue weighted by Crippen LogP contribution is -2.02. The number of halogens is 1. The van der Waals surface area contributed by atoms with Crippen LogP contribution in [0.2, 0.25) is 0 Å². The van der Waals surface area contributed by atoms with Gasteiger partial charge in [-0.3, -0.25) is 14.9 Å². The average molecular weight is 495 g/mol. The summed E-state index contributed by atoms with van der Waals surface area (Å²) in [6.07, 6.45) is 1.57. The minimum atomic E-state index is -0.677. The number of ketones is 1. The maximum Gasteiger partial charge on any atom is 0.311 e. The number of hydrogen-bond donors (Lipinski definition) is 1. The molecule has 0 aliphatic carbocycles. The Balaban J connectivity index is 1.96. The zero-order valence-corrected chi connectivity index (χ0v) is 18.4. The maximum absolute atomic E-state index is 13.1. The molecule has 0 aliphatic heterocycles. The van der Waals surface area contributed by atoms with E-state index in [1.165, 1.54) is 30.0 Å². The quantitative estimate of drug-likeness (QED) is 0.184. The number of nitriles is 1. The van der Waals surface area contributed by atoms with E-state index in [0.717, 1.165) is 10.0 Å². The molecule has 0 radical (unpaired) electrons. The van der Waals surface area contributed by atoms with Crippen LogP contribution in [0.25, 0.3) is 6.08 Å². The number of thioether (sulfide) groups is 1. The van der Waals surface area contributed by atoms with Crippen molar-refractivity contribution in [2.45, 2.75) is 5.75 Å². The van der Waals surface area contributed by atoms with Gasteiger partial charge in [0.25, 0.3) is 0 Å². The Hall–Kier alpha value is -3.41. The molecular weight excluding hydrogens is 480 g/mol. The number of hydrogen-bond acceptors (Lipinski definition) is 6. The van der Waals surface area contributed by atoms with Crippen molar-refractivity contribution in [1.29, 1.82) is 5.26 Å². The fourth-order valence-electron chi connectivity index (χ4n) is 2.68. The van der Waals surface area contributed by atoms with Crippen LogP contribution >= 0.6 is 27.7 Å². The molecule has 0 atom stereocenters. The Labute approximate surface area is 191 Å². The zero-order valence-electron chi connectivity index (χ0n) is 16.0. The lowest BCUT2D eigenvalue weighted by molar-refractivity contribution is -0.385. The summed E-state index contributed by atoms with van der Waals surface area (Å²) in [5.41, 5.74) is 1.84. The van der Waals surface area contributed by atoms with Gasteiger partial charge in [-0.1, -0.05) is 34.1 Å². The van der Waals surface area contributed by atoms with Crippen molar-refractivity contribution in [2.24, 2.45) is 0 Å². The third-order valence-corrected chi connectivity index (χ3v) is 5.92. The highest BCUT2D eigenvalue weighted by Crippen LogP contribution is 2.31. The van der Waals surface area contributed by atoms with Crippen LogP contribution < -0.4 is 0 Å². The second-order valence-electron chi connectivity index (χ2n) is 6.45. The summed E-state index contributed by atoms with van der Waals surface area (Å²) >= 11 is 4.69. The summed E-state index contributed by atoms with van der Waals surface area (Å²) < 4.78 is 0.946. The molecular formula is C23H15BrN2O4S. The van der Waals surface area contributed by atoms with Gasteiger partial charge in [0, 0.05) is 21.9 Å². The first kappa shape index (κ1) is 22.3. The van der Waals surface area contributed by atoms with Crippen molar-refractivity contribution in [1.82, 2.24) is 0 Å². The van der Waals surface area contributed by atoms with E-state index in [2.05, 4.69) is 15.9 Å². The van der Waals surface area contributed by atoms with Crippen molar-refractivity contribution in [3.05, 3.63) is 108 Å². The summed E-state index contributed by atoms with van der Waals surface area (Å²) in [6, 6.07) is 19.9. The Morgan fingerprint density at radius 2 is 1.81 bits per heavy atom. The monoisotopic (exact) mass is 494 g/mol. The highest BCUT2D eigenvalue weighted by Gasteiger charge is 2.17. The Morgan fingerprint density at radius 3 is 2.42 bits per heavy atom. The van der Waals surface area contributed by atoms with Gasteiger partial charge < -0.3 is 5.11 Å². The SMILES string of the molecule is N#Cc1ccc(C(=O)C(=Cc2ccc(O)c([N+](=O)[O-])c2)SCc2ccc(Br)cc2)cc1. The third-order valence-electron chi connectivity index (χ3n) is 4.30. The number of rotatable bonds is 7. The second-order valence-corrected chi connectivity index (χ2v) is 8.38. The van der Waals surface area contributed by atoms with Crippen LogP contribution in [-0.4, -0.2) is 15.8 Å². The molecule has 3 aromatic rings. The number of Topliss-reactive ketones (excluding diaryl/α,β-unsaturated/α-hetero) is 1. The smallest absolute Gasteiger partial charge is 0.311 e. The molecule has 0 heterocycles. The van der Waals surface area contributed by atoms with Crippen LogP contribution in [0.5, 0.6) is 5.75 Å². The Morgan fingerprint density at radius 1 is 1.13 bits per heavy atom. The van der Waals surface area contributed by atoms with Gasteiger partial charge in [-0.2, -0.15) is 5.26 Å². The normalized spacial score (nSPS) is 11.0. The number of phenols is 1. The number of nitro groups is 1. The zero-order chi connectivity index (χ0) is 22.4. The first-order valence-corrected chi connectivity index (χ1v) is 10.8. The van der Waals surface area contributed by atoms with Gasteiger partial charge in [-0.15, -0.1) is 11.8 Å². The lowest BCUT2D eigenvalue weighted by Gasteiger charge is -2.08. The van der Waals surface area contributed by atoms with E-state index in [1.54, 1.807) is 30.3 Å². The summed E-state index contributed by atoms with van der Waals surface area (Å²) in [4.78, 5) is 24.0. The number of nitrogens with zero attached hydrogens (tertiary/aromatic N) is 2. The number of carbonyl (C=O) groups excluding carboxylic acids is 1. The predicted octanol–water partition coefficient (Wildman–Crippen LogP) is 6.09. The van der Waals surface area contributed by atoms with Crippen LogP contribution in [0.1, 0.15) is 27.0 Å². The van der Waals surface area contributed by atoms with E-state index >= 15 is 0 Å². The maximum atomic E-state index is 13.1. The van der Waals surface area contributed by atoms with E-state index in [0.29, 0.717) is 27.3 Å². The van der Waals surface area contributed by atoms with Gasteiger partial charge in [0.2, 0.25) is 0 Å². The van der Waals surface area contributed by atoms with Crippen molar-refractivity contribution < 1.29 is 14.8 Å².